The zero-order valence-corrected chi connectivity index (χ0v) is 17.1. The lowest BCUT2D eigenvalue weighted by Gasteiger charge is -2.18. The van der Waals surface area contributed by atoms with Crippen molar-refractivity contribution in [1.29, 1.82) is 0 Å². The van der Waals surface area contributed by atoms with Gasteiger partial charge in [0, 0.05) is 11.9 Å². The third-order valence-corrected chi connectivity index (χ3v) is 6.32. The predicted molar refractivity (Wildman–Crippen MR) is 113 cm³/mol. The van der Waals surface area contributed by atoms with Gasteiger partial charge in [0.05, 0.1) is 23.4 Å². The summed E-state index contributed by atoms with van der Waals surface area (Å²) in [5.74, 6) is 0.231. The van der Waals surface area contributed by atoms with Crippen LogP contribution < -0.4 is 5.32 Å². The van der Waals surface area contributed by atoms with Crippen LogP contribution in [0.2, 0.25) is 0 Å². The number of hydrogen-bond acceptors (Lipinski definition) is 6. The summed E-state index contributed by atoms with van der Waals surface area (Å²) in [5.41, 5.74) is 3.02. The van der Waals surface area contributed by atoms with Crippen molar-refractivity contribution in [3.63, 3.8) is 0 Å². The molecule has 0 saturated carbocycles. The number of aryl methyl sites for hydroxylation is 2. The van der Waals surface area contributed by atoms with Crippen molar-refractivity contribution in [2.45, 2.75) is 18.0 Å². The number of nitrogens with one attached hydrogen (secondary N) is 1. The van der Waals surface area contributed by atoms with E-state index >= 15 is 0 Å². The zero-order valence-electron chi connectivity index (χ0n) is 15.5. The van der Waals surface area contributed by atoms with Gasteiger partial charge in [0.15, 0.2) is 5.65 Å². The van der Waals surface area contributed by atoms with Gasteiger partial charge in [0.2, 0.25) is 5.91 Å². The van der Waals surface area contributed by atoms with E-state index in [0.717, 1.165) is 26.5 Å². The molecule has 0 spiro atoms. The van der Waals surface area contributed by atoms with Crippen LogP contribution in [0.25, 0.3) is 11.0 Å². The van der Waals surface area contributed by atoms with E-state index in [-0.39, 0.29) is 17.7 Å². The number of thioether (sulfide) groups is 1. The zero-order chi connectivity index (χ0) is 19.5. The third-order valence-electron chi connectivity index (χ3n) is 4.38. The normalized spacial score (nSPS) is 12.2. The molecule has 28 heavy (non-hydrogen) atoms. The first-order valence-corrected chi connectivity index (χ1v) is 10.6. The Morgan fingerprint density at radius 3 is 2.82 bits per heavy atom. The molecule has 0 radical (unpaired) electrons. The highest BCUT2D eigenvalue weighted by Crippen LogP contribution is 2.27. The predicted octanol–water partition coefficient (Wildman–Crippen LogP) is 3.73. The largest absolute Gasteiger partial charge is 0.344 e. The van der Waals surface area contributed by atoms with Gasteiger partial charge in [-0.3, -0.25) is 9.48 Å². The molecule has 4 rings (SSSR count). The average molecular weight is 410 g/mol. The Morgan fingerprint density at radius 1 is 1.25 bits per heavy atom. The third kappa shape index (κ3) is 3.93. The minimum absolute atomic E-state index is 0.0420. The van der Waals surface area contributed by atoms with Crippen molar-refractivity contribution < 1.29 is 4.79 Å². The Kier molecular flexibility index (Phi) is 5.40. The molecule has 142 valence electrons. The molecular weight excluding hydrogens is 390 g/mol. The van der Waals surface area contributed by atoms with Gasteiger partial charge >= 0.3 is 0 Å². The van der Waals surface area contributed by atoms with Crippen LogP contribution in [0.4, 0.5) is 0 Å². The molecule has 0 fully saturated rings. The van der Waals surface area contributed by atoms with Gasteiger partial charge in [-0.05, 0) is 23.9 Å². The number of aromatic nitrogens is 4. The maximum atomic E-state index is 12.7. The van der Waals surface area contributed by atoms with Crippen LogP contribution >= 0.6 is 23.1 Å². The Hall–Kier alpha value is -2.71. The molecule has 0 bridgehead atoms. The summed E-state index contributed by atoms with van der Waals surface area (Å²) in [7, 11) is 1.84. The van der Waals surface area contributed by atoms with Gasteiger partial charge in [-0.25, -0.2) is 9.97 Å². The lowest BCUT2D eigenvalue weighted by atomic mass is 10.0. The minimum Gasteiger partial charge on any atom is -0.344 e. The number of rotatable bonds is 6. The van der Waals surface area contributed by atoms with E-state index in [0.29, 0.717) is 0 Å². The molecule has 6 nitrogen and oxygen atoms in total. The molecule has 1 amide bonds. The molecule has 4 aromatic rings. The second kappa shape index (κ2) is 8.12. The summed E-state index contributed by atoms with van der Waals surface area (Å²) >= 11 is 3.03. The Morgan fingerprint density at radius 2 is 2.07 bits per heavy atom. The highest BCUT2D eigenvalue weighted by Gasteiger charge is 2.18. The van der Waals surface area contributed by atoms with Crippen LogP contribution in [0, 0.1) is 6.92 Å². The van der Waals surface area contributed by atoms with Crippen LogP contribution in [0.5, 0.6) is 0 Å². The molecule has 1 aromatic carbocycles. The van der Waals surface area contributed by atoms with Gasteiger partial charge in [-0.1, -0.05) is 47.7 Å². The first kappa shape index (κ1) is 18.6. The number of carbonyl (C=O) groups is 1. The Balaban J connectivity index is 1.49. The molecule has 1 N–H and O–H groups in total. The van der Waals surface area contributed by atoms with E-state index in [9.17, 15) is 4.79 Å². The van der Waals surface area contributed by atoms with Crippen molar-refractivity contribution in [2.75, 3.05) is 5.75 Å². The first-order chi connectivity index (χ1) is 13.6. The minimum atomic E-state index is -0.155. The molecule has 1 atom stereocenters. The molecule has 3 aromatic heterocycles. The number of carbonyl (C=O) groups excluding carboxylic acids is 1. The maximum absolute atomic E-state index is 12.7. The van der Waals surface area contributed by atoms with E-state index in [1.165, 1.54) is 23.7 Å². The van der Waals surface area contributed by atoms with E-state index in [2.05, 4.69) is 51.6 Å². The quantitative estimate of drug-likeness (QED) is 0.388. The first-order valence-electron chi connectivity index (χ1n) is 8.76. The van der Waals surface area contributed by atoms with Gasteiger partial charge in [0.25, 0.3) is 0 Å². The fourth-order valence-electron chi connectivity index (χ4n) is 2.93. The summed E-state index contributed by atoms with van der Waals surface area (Å²) in [6.45, 7) is 2.06. The highest BCUT2D eigenvalue weighted by molar-refractivity contribution is 8.00. The summed E-state index contributed by atoms with van der Waals surface area (Å²) in [5, 5.41) is 11.0. The summed E-state index contributed by atoms with van der Waals surface area (Å²) in [4.78, 5) is 22.4. The van der Waals surface area contributed by atoms with Crippen molar-refractivity contribution in [1.82, 2.24) is 25.1 Å². The number of nitrogens with zero attached hydrogens (tertiary/aromatic N) is 4. The second-order valence-electron chi connectivity index (χ2n) is 6.40. The Bertz CT molecular complexity index is 1090. The smallest absolute Gasteiger partial charge is 0.231 e. The fraction of sp³-hybridized carbons (Fsp3) is 0.200. The number of thiophene rings is 1. The van der Waals surface area contributed by atoms with Crippen LogP contribution in [0.1, 0.15) is 22.0 Å². The van der Waals surface area contributed by atoms with Crippen LogP contribution in [0.3, 0.4) is 0 Å². The monoisotopic (exact) mass is 409 g/mol. The average Bonchev–Trinajstić information content (AvgIpc) is 3.36. The van der Waals surface area contributed by atoms with Crippen LogP contribution in [-0.4, -0.2) is 31.4 Å². The Labute approximate surface area is 171 Å². The SMILES string of the molecule is Cc1ccc(C(NC(=O)CSc2ncnc3c2cnn3C)c2cccs2)cc1. The summed E-state index contributed by atoms with van der Waals surface area (Å²) in [6, 6.07) is 12.2. The number of hydrogen-bond donors (Lipinski definition) is 1. The molecule has 3 heterocycles. The van der Waals surface area contributed by atoms with E-state index in [1.54, 1.807) is 22.2 Å². The number of fused-ring (bicyclic) bond motifs is 1. The molecular formula is C20H19N5OS2. The lowest BCUT2D eigenvalue weighted by molar-refractivity contribution is -0.119. The fourth-order valence-corrected chi connectivity index (χ4v) is 4.50. The summed E-state index contributed by atoms with van der Waals surface area (Å²) < 4.78 is 1.70. The van der Waals surface area contributed by atoms with Crippen molar-refractivity contribution in [2.24, 2.45) is 7.05 Å². The van der Waals surface area contributed by atoms with Gasteiger partial charge < -0.3 is 5.32 Å². The topological polar surface area (TPSA) is 72.7 Å². The van der Waals surface area contributed by atoms with Crippen molar-refractivity contribution in [3.8, 4) is 0 Å². The van der Waals surface area contributed by atoms with Gasteiger partial charge in [-0.2, -0.15) is 5.10 Å². The van der Waals surface area contributed by atoms with E-state index in [4.69, 9.17) is 0 Å². The van der Waals surface area contributed by atoms with Crippen LogP contribution in [-0.2, 0) is 11.8 Å². The van der Waals surface area contributed by atoms with Crippen molar-refractivity contribution >= 4 is 40.0 Å². The molecule has 0 aliphatic heterocycles. The second-order valence-corrected chi connectivity index (χ2v) is 8.34. The lowest BCUT2D eigenvalue weighted by Crippen LogP contribution is -2.30. The summed E-state index contributed by atoms with van der Waals surface area (Å²) in [6.07, 6.45) is 3.24. The molecule has 0 saturated heterocycles. The molecule has 0 aliphatic rings. The highest BCUT2D eigenvalue weighted by atomic mass is 32.2. The molecule has 0 aliphatic carbocycles. The maximum Gasteiger partial charge on any atom is 0.231 e. The molecule has 8 heteroatoms. The molecule has 1 unspecified atom stereocenters. The standard InChI is InChI=1S/C20H19N5OS2/c1-13-5-7-14(8-6-13)18(16-4-3-9-27-16)24-17(26)11-28-20-15-10-23-25(2)19(15)21-12-22-20/h3-10,12,18H,11H2,1-2H3,(H,24,26). The van der Waals surface area contributed by atoms with E-state index in [1.807, 2.05) is 24.6 Å². The van der Waals surface area contributed by atoms with Gasteiger partial charge in [0.1, 0.15) is 11.4 Å². The van der Waals surface area contributed by atoms with E-state index < -0.39 is 0 Å². The van der Waals surface area contributed by atoms with Crippen LogP contribution in [0.15, 0.2) is 59.3 Å². The number of benzene rings is 1. The van der Waals surface area contributed by atoms with Crippen molar-refractivity contribution in [3.05, 3.63) is 70.3 Å². The van der Waals surface area contributed by atoms with Gasteiger partial charge in [-0.15, -0.1) is 11.3 Å². The number of amides is 1.